The molecular formula is C52H32IN3S. The number of halogens is 1. The van der Waals surface area contributed by atoms with Crippen LogP contribution in [0, 0.1) is 3.57 Å². The molecule has 0 radical (unpaired) electrons. The van der Waals surface area contributed by atoms with Crippen molar-refractivity contribution in [1.82, 2.24) is 14.5 Å². The summed E-state index contributed by atoms with van der Waals surface area (Å²) < 4.78 is 5.03. The van der Waals surface area contributed by atoms with Gasteiger partial charge in [0.15, 0.2) is 5.82 Å². The predicted octanol–water partition coefficient (Wildman–Crippen LogP) is 14.9. The van der Waals surface area contributed by atoms with Crippen molar-refractivity contribution in [2.24, 2.45) is 0 Å². The van der Waals surface area contributed by atoms with E-state index >= 15 is 0 Å². The van der Waals surface area contributed by atoms with Crippen LogP contribution in [-0.2, 0) is 0 Å². The Morgan fingerprint density at radius 2 is 0.982 bits per heavy atom. The fourth-order valence-electron chi connectivity index (χ4n) is 8.29. The third kappa shape index (κ3) is 5.68. The summed E-state index contributed by atoms with van der Waals surface area (Å²) in [4.78, 5) is 11.4. The van der Waals surface area contributed by atoms with Gasteiger partial charge in [-0.1, -0.05) is 170 Å². The highest BCUT2D eigenvalue weighted by atomic mass is 127. The van der Waals surface area contributed by atoms with E-state index in [1.54, 1.807) is 0 Å². The largest absolute Gasteiger partial charge is 0.301 e. The zero-order valence-electron chi connectivity index (χ0n) is 30.6. The van der Waals surface area contributed by atoms with E-state index in [9.17, 15) is 0 Å². The van der Waals surface area contributed by atoms with Crippen molar-refractivity contribution in [3.05, 3.63) is 198 Å². The maximum absolute atomic E-state index is 5.11. The molecule has 3 aromatic heterocycles. The second-order valence-corrected chi connectivity index (χ2v) is 16.3. The van der Waals surface area contributed by atoms with E-state index in [2.05, 4.69) is 197 Å². The Hall–Kier alpha value is -6.41. The Balaban J connectivity index is 1.16. The van der Waals surface area contributed by atoms with Gasteiger partial charge in [-0.15, -0.1) is 11.3 Å². The SMILES string of the molecule is Ic1c(-c2ccccc2)c2sc3c(c4ccccc4n3-c3ccccc3)c2c2c(-c3ccc(-c4cc(-c5ccccc5)nc(-c5ccccc5)n4)cc3)cccc12. The molecule has 0 saturated carbocycles. The van der Waals surface area contributed by atoms with Crippen LogP contribution in [0.2, 0.25) is 0 Å². The van der Waals surface area contributed by atoms with Crippen LogP contribution >= 0.6 is 33.9 Å². The minimum Gasteiger partial charge on any atom is -0.301 e. The highest BCUT2D eigenvalue weighted by Crippen LogP contribution is 2.52. The summed E-state index contributed by atoms with van der Waals surface area (Å²) in [6.45, 7) is 0. The molecule has 11 rings (SSSR count). The molecule has 3 nitrogen and oxygen atoms in total. The summed E-state index contributed by atoms with van der Waals surface area (Å²) in [5.74, 6) is 0.715. The number of benzene rings is 8. The van der Waals surface area contributed by atoms with Gasteiger partial charge in [0.25, 0.3) is 0 Å². The molecule has 5 heteroatoms. The zero-order valence-corrected chi connectivity index (χ0v) is 33.6. The lowest BCUT2D eigenvalue weighted by molar-refractivity contribution is 1.18. The van der Waals surface area contributed by atoms with Crippen LogP contribution in [0.15, 0.2) is 194 Å². The summed E-state index contributed by atoms with van der Waals surface area (Å²) >= 11 is 4.51. The highest BCUT2D eigenvalue weighted by Gasteiger charge is 2.25. The number of fused-ring (bicyclic) bond motifs is 7. The molecule has 0 saturated heterocycles. The molecule has 0 N–H and O–H groups in total. The third-order valence-corrected chi connectivity index (χ3v) is 13.2. The van der Waals surface area contributed by atoms with Crippen molar-refractivity contribution in [3.8, 4) is 61.8 Å². The Labute approximate surface area is 347 Å². The van der Waals surface area contributed by atoms with Crippen LogP contribution in [-0.4, -0.2) is 14.5 Å². The number of thiophene rings is 1. The quantitative estimate of drug-likeness (QED) is 0.156. The third-order valence-electron chi connectivity index (χ3n) is 10.9. The fourth-order valence-corrected chi connectivity index (χ4v) is 10.9. The van der Waals surface area contributed by atoms with Crippen LogP contribution in [0.3, 0.4) is 0 Å². The standard InChI is InChI=1S/C52H32IN3S/c53-49-41-26-15-25-39(33-28-30-35(31-29-33)43-32-42(34-16-5-1-6-17-34)54-51(55-43)37-20-9-3-10-21-37)46(41)48-47-40-24-13-14-27-44(40)56(38-22-11-4-12-23-38)52(47)57-50(48)45(49)36-18-7-2-8-19-36/h1-32H. The van der Waals surface area contributed by atoms with Gasteiger partial charge < -0.3 is 4.57 Å². The molecule has 0 amide bonds. The first-order chi connectivity index (χ1) is 28.2. The minimum absolute atomic E-state index is 0.715. The average Bonchev–Trinajstić information content (AvgIpc) is 3.82. The molecule has 0 aliphatic carbocycles. The minimum atomic E-state index is 0.715. The molecule has 0 bridgehead atoms. The smallest absolute Gasteiger partial charge is 0.160 e. The van der Waals surface area contributed by atoms with Crippen LogP contribution in [0.5, 0.6) is 0 Å². The fraction of sp³-hybridized carbons (Fsp3) is 0. The second-order valence-electron chi connectivity index (χ2n) is 14.2. The number of hydrogen-bond donors (Lipinski definition) is 0. The molecule has 8 aromatic carbocycles. The lowest BCUT2D eigenvalue weighted by atomic mass is 9.91. The first kappa shape index (κ1) is 33.9. The van der Waals surface area contributed by atoms with E-state index in [-0.39, 0.29) is 0 Å². The summed E-state index contributed by atoms with van der Waals surface area (Å²) in [6, 6.07) is 69.0. The summed E-state index contributed by atoms with van der Waals surface area (Å²) in [5.41, 5.74) is 12.2. The highest BCUT2D eigenvalue weighted by molar-refractivity contribution is 14.1. The van der Waals surface area contributed by atoms with Crippen LogP contribution in [0.25, 0.3) is 104 Å². The molecule has 0 unspecified atom stereocenters. The van der Waals surface area contributed by atoms with Gasteiger partial charge in [-0.2, -0.15) is 0 Å². The number of nitrogens with zero attached hydrogens (tertiary/aromatic N) is 3. The Bertz CT molecular complexity index is 3210. The maximum Gasteiger partial charge on any atom is 0.160 e. The molecular weight excluding hydrogens is 826 g/mol. The van der Waals surface area contributed by atoms with Crippen molar-refractivity contribution in [2.75, 3.05) is 0 Å². The molecule has 0 atom stereocenters. The molecule has 3 heterocycles. The van der Waals surface area contributed by atoms with Gasteiger partial charge in [0.05, 0.1) is 16.9 Å². The van der Waals surface area contributed by atoms with Crippen molar-refractivity contribution in [3.63, 3.8) is 0 Å². The topological polar surface area (TPSA) is 30.7 Å². The Morgan fingerprint density at radius 1 is 0.439 bits per heavy atom. The molecule has 0 aliphatic rings. The summed E-state index contributed by atoms with van der Waals surface area (Å²) in [7, 11) is 0. The van der Waals surface area contributed by atoms with Gasteiger partial charge in [0, 0.05) is 52.4 Å². The lowest BCUT2D eigenvalue weighted by Gasteiger charge is -2.16. The normalized spacial score (nSPS) is 11.6. The van der Waals surface area contributed by atoms with Crippen LogP contribution < -0.4 is 0 Å². The molecule has 57 heavy (non-hydrogen) atoms. The van der Waals surface area contributed by atoms with Crippen molar-refractivity contribution in [2.45, 2.75) is 0 Å². The number of hydrogen-bond acceptors (Lipinski definition) is 3. The van der Waals surface area contributed by atoms with E-state index in [0.717, 1.165) is 28.1 Å². The van der Waals surface area contributed by atoms with Gasteiger partial charge in [0.1, 0.15) is 4.83 Å². The molecule has 11 aromatic rings. The van der Waals surface area contributed by atoms with Gasteiger partial charge in [-0.3, -0.25) is 0 Å². The number of para-hydroxylation sites is 2. The Morgan fingerprint density at radius 3 is 1.67 bits per heavy atom. The van der Waals surface area contributed by atoms with Gasteiger partial charge in [0.2, 0.25) is 0 Å². The zero-order chi connectivity index (χ0) is 37.9. The first-order valence-electron chi connectivity index (χ1n) is 19.0. The van der Waals surface area contributed by atoms with E-state index < -0.39 is 0 Å². The predicted molar refractivity (Wildman–Crippen MR) is 249 cm³/mol. The number of aromatic nitrogens is 3. The molecule has 0 aliphatic heterocycles. The molecule has 268 valence electrons. The summed E-state index contributed by atoms with van der Waals surface area (Å²) in [6.07, 6.45) is 0. The number of rotatable bonds is 6. The first-order valence-corrected chi connectivity index (χ1v) is 20.9. The second kappa shape index (κ2) is 14.0. The summed E-state index contributed by atoms with van der Waals surface area (Å²) in [5, 5.41) is 6.42. The van der Waals surface area contributed by atoms with E-state index in [1.807, 2.05) is 35.6 Å². The van der Waals surface area contributed by atoms with E-state index in [1.165, 1.54) is 73.5 Å². The van der Waals surface area contributed by atoms with E-state index in [4.69, 9.17) is 9.97 Å². The van der Waals surface area contributed by atoms with Crippen LogP contribution in [0.1, 0.15) is 0 Å². The van der Waals surface area contributed by atoms with Gasteiger partial charge in [-0.25, -0.2) is 9.97 Å². The van der Waals surface area contributed by atoms with Gasteiger partial charge in [-0.05, 0) is 74.3 Å². The molecule has 0 spiro atoms. The van der Waals surface area contributed by atoms with Crippen LogP contribution in [0.4, 0.5) is 0 Å². The van der Waals surface area contributed by atoms with Crippen molar-refractivity contribution < 1.29 is 0 Å². The lowest BCUT2D eigenvalue weighted by Crippen LogP contribution is -1.96. The van der Waals surface area contributed by atoms with E-state index in [0.29, 0.717) is 5.82 Å². The monoisotopic (exact) mass is 857 g/mol. The maximum atomic E-state index is 5.11. The van der Waals surface area contributed by atoms with Gasteiger partial charge >= 0.3 is 0 Å². The Kier molecular flexibility index (Phi) is 8.30. The van der Waals surface area contributed by atoms with Crippen molar-refractivity contribution >= 4 is 75.9 Å². The van der Waals surface area contributed by atoms with Crippen molar-refractivity contribution in [1.29, 1.82) is 0 Å². The molecule has 0 fully saturated rings. The average molecular weight is 858 g/mol.